The first-order valence-electron chi connectivity index (χ1n) is 7.75. The van der Waals surface area contributed by atoms with Gasteiger partial charge in [0, 0.05) is 32.1 Å². The van der Waals surface area contributed by atoms with E-state index in [4.69, 9.17) is 4.74 Å². The Morgan fingerprint density at radius 1 is 1.26 bits per heavy atom. The Morgan fingerprint density at radius 2 is 2.04 bits per heavy atom. The molecule has 1 amide bonds. The van der Waals surface area contributed by atoms with E-state index < -0.39 is 0 Å². The Kier molecular flexibility index (Phi) is 6.56. The van der Waals surface area contributed by atoms with E-state index in [2.05, 4.69) is 15.6 Å². The number of nitrogens with zero attached hydrogens (tertiary/aromatic N) is 1. The van der Waals surface area contributed by atoms with E-state index >= 15 is 0 Å². The van der Waals surface area contributed by atoms with Crippen molar-refractivity contribution >= 4 is 11.6 Å². The fourth-order valence-corrected chi connectivity index (χ4v) is 2.21. The zero-order valence-electron chi connectivity index (χ0n) is 13.6. The van der Waals surface area contributed by atoms with Crippen LogP contribution in [0.1, 0.15) is 35.4 Å². The first-order valence-corrected chi connectivity index (χ1v) is 7.75. The van der Waals surface area contributed by atoms with Crippen molar-refractivity contribution in [1.82, 2.24) is 10.3 Å². The average Bonchev–Trinajstić information content (AvgIpc) is 2.60. The van der Waals surface area contributed by atoms with Crippen molar-refractivity contribution in [1.29, 1.82) is 0 Å². The molecule has 1 unspecified atom stereocenters. The summed E-state index contributed by atoms with van der Waals surface area (Å²) in [5.41, 5.74) is 2.35. The molecule has 1 aromatic carbocycles. The van der Waals surface area contributed by atoms with Crippen LogP contribution in [0.15, 0.2) is 48.7 Å². The predicted octanol–water partition coefficient (Wildman–Crippen LogP) is 3.02. The Labute approximate surface area is 137 Å². The van der Waals surface area contributed by atoms with Crippen molar-refractivity contribution < 1.29 is 9.53 Å². The van der Waals surface area contributed by atoms with Crippen LogP contribution in [0.2, 0.25) is 0 Å². The SMILES string of the molecule is COCCCNc1ccnc(C(=O)NC(C)c2ccccc2)c1. The second-order valence-corrected chi connectivity index (χ2v) is 5.31. The van der Waals surface area contributed by atoms with Crippen LogP contribution in [-0.2, 0) is 4.74 Å². The molecule has 1 atom stereocenters. The molecule has 5 nitrogen and oxygen atoms in total. The largest absolute Gasteiger partial charge is 0.385 e. The zero-order chi connectivity index (χ0) is 16.5. The molecule has 0 saturated heterocycles. The maximum Gasteiger partial charge on any atom is 0.270 e. The minimum absolute atomic E-state index is 0.0659. The number of nitrogens with one attached hydrogen (secondary N) is 2. The van der Waals surface area contributed by atoms with Crippen molar-refractivity contribution in [3.63, 3.8) is 0 Å². The van der Waals surface area contributed by atoms with Crippen molar-refractivity contribution in [2.75, 3.05) is 25.6 Å². The molecule has 0 fully saturated rings. The molecule has 23 heavy (non-hydrogen) atoms. The lowest BCUT2D eigenvalue weighted by molar-refractivity contribution is 0.0935. The van der Waals surface area contributed by atoms with E-state index in [9.17, 15) is 4.79 Å². The standard InChI is InChI=1S/C18H23N3O2/c1-14(15-7-4-3-5-8-15)21-18(22)17-13-16(9-11-20-17)19-10-6-12-23-2/h3-5,7-9,11,13-14H,6,10,12H2,1-2H3,(H,19,20)(H,21,22). The van der Waals surface area contributed by atoms with E-state index in [-0.39, 0.29) is 11.9 Å². The first-order chi connectivity index (χ1) is 11.2. The minimum Gasteiger partial charge on any atom is -0.385 e. The van der Waals surface area contributed by atoms with Crippen LogP contribution >= 0.6 is 0 Å². The smallest absolute Gasteiger partial charge is 0.270 e. The molecule has 1 heterocycles. The monoisotopic (exact) mass is 313 g/mol. The molecule has 0 aliphatic carbocycles. The van der Waals surface area contributed by atoms with Gasteiger partial charge in [-0.2, -0.15) is 0 Å². The molecule has 5 heteroatoms. The van der Waals surface area contributed by atoms with Gasteiger partial charge in [-0.1, -0.05) is 30.3 Å². The Balaban J connectivity index is 1.94. The summed E-state index contributed by atoms with van der Waals surface area (Å²) < 4.78 is 5.01. The highest BCUT2D eigenvalue weighted by molar-refractivity contribution is 5.93. The number of carbonyl (C=O) groups excluding carboxylic acids is 1. The minimum atomic E-state index is -0.179. The molecule has 0 saturated carbocycles. The number of pyridine rings is 1. The van der Waals surface area contributed by atoms with Gasteiger partial charge in [0.25, 0.3) is 5.91 Å². The lowest BCUT2D eigenvalue weighted by Gasteiger charge is -2.14. The molecule has 0 bridgehead atoms. The van der Waals surface area contributed by atoms with Gasteiger partial charge >= 0.3 is 0 Å². The lowest BCUT2D eigenvalue weighted by atomic mass is 10.1. The van der Waals surface area contributed by atoms with Crippen molar-refractivity contribution in [2.24, 2.45) is 0 Å². The van der Waals surface area contributed by atoms with Crippen LogP contribution < -0.4 is 10.6 Å². The van der Waals surface area contributed by atoms with Gasteiger partial charge in [0.15, 0.2) is 0 Å². The number of anilines is 1. The van der Waals surface area contributed by atoms with E-state index in [1.54, 1.807) is 19.4 Å². The Bertz CT molecular complexity index is 617. The van der Waals surface area contributed by atoms with Gasteiger partial charge in [-0.05, 0) is 31.0 Å². The number of benzene rings is 1. The molecular formula is C18H23N3O2. The summed E-state index contributed by atoms with van der Waals surface area (Å²) in [4.78, 5) is 16.5. The second-order valence-electron chi connectivity index (χ2n) is 5.31. The fourth-order valence-electron chi connectivity index (χ4n) is 2.21. The van der Waals surface area contributed by atoms with Gasteiger partial charge in [0.1, 0.15) is 5.69 Å². The fraction of sp³-hybridized carbons (Fsp3) is 0.333. The molecule has 1 aromatic heterocycles. The summed E-state index contributed by atoms with van der Waals surface area (Å²) in [6.07, 6.45) is 2.55. The molecule has 0 radical (unpaired) electrons. The number of ether oxygens (including phenoxy) is 1. The molecule has 2 rings (SSSR count). The van der Waals surface area contributed by atoms with Crippen LogP contribution in [0.5, 0.6) is 0 Å². The van der Waals surface area contributed by atoms with Crippen LogP contribution in [0.25, 0.3) is 0 Å². The van der Waals surface area contributed by atoms with Crippen molar-refractivity contribution in [3.05, 3.63) is 59.9 Å². The van der Waals surface area contributed by atoms with Crippen LogP contribution in [-0.4, -0.2) is 31.2 Å². The van der Waals surface area contributed by atoms with Crippen molar-refractivity contribution in [3.8, 4) is 0 Å². The maximum absolute atomic E-state index is 12.3. The van der Waals surface area contributed by atoms with E-state index in [0.717, 1.165) is 24.2 Å². The number of aromatic nitrogens is 1. The van der Waals surface area contributed by atoms with Gasteiger partial charge in [0.2, 0.25) is 0 Å². The van der Waals surface area contributed by atoms with Crippen LogP contribution in [0.3, 0.4) is 0 Å². The number of methoxy groups -OCH3 is 1. The predicted molar refractivity (Wildman–Crippen MR) is 91.5 cm³/mol. The summed E-state index contributed by atoms with van der Waals surface area (Å²) in [6.45, 7) is 3.46. The van der Waals surface area contributed by atoms with E-state index in [1.165, 1.54) is 0 Å². The second kappa shape index (κ2) is 8.90. The number of amides is 1. The molecule has 122 valence electrons. The lowest BCUT2D eigenvalue weighted by Crippen LogP contribution is -2.27. The third-order valence-electron chi connectivity index (χ3n) is 3.49. The van der Waals surface area contributed by atoms with Crippen LogP contribution in [0.4, 0.5) is 5.69 Å². The van der Waals surface area contributed by atoms with E-state index in [0.29, 0.717) is 12.3 Å². The third-order valence-corrected chi connectivity index (χ3v) is 3.49. The summed E-state index contributed by atoms with van der Waals surface area (Å²) in [6, 6.07) is 13.4. The normalized spacial score (nSPS) is 11.7. The molecule has 0 spiro atoms. The molecule has 2 N–H and O–H groups in total. The highest BCUT2D eigenvalue weighted by Gasteiger charge is 2.12. The third kappa shape index (κ3) is 5.38. The topological polar surface area (TPSA) is 63.2 Å². The summed E-state index contributed by atoms with van der Waals surface area (Å²) in [7, 11) is 1.68. The molecule has 0 aliphatic heterocycles. The molecule has 0 aliphatic rings. The zero-order valence-corrected chi connectivity index (χ0v) is 13.6. The highest BCUT2D eigenvalue weighted by atomic mass is 16.5. The van der Waals surface area contributed by atoms with Crippen LogP contribution in [0, 0.1) is 0 Å². The van der Waals surface area contributed by atoms with E-state index in [1.807, 2.05) is 43.3 Å². The van der Waals surface area contributed by atoms with Gasteiger partial charge in [0.05, 0.1) is 6.04 Å². The first kappa shape index (κ1) is 17.0. The number of hydrogen-bond donors (Lipinski definition) is 2. The van der Waals surface area contributed by atoms with Crippen molar-refractivity contribution in [2.45, 2.75) is 19.4 Å². The Morgan fingerprint density at radius 3 is 2.78 bits per heavy atom. The summed E-state index contributed by atoms with van der Waals surface area (Å²) in [5.74, 6) is -0.179. The van der Waals surface area contributed by atoms with Gasteiger partial charge in [-0.15, -0.1) is 0 Å². The van der Waals surface area contributed by atoms with Gasteiger partial charge in [-0.3, -0.25) is 9.78 Å². The quantitative estimate of drug-likeness (QED) is 0.735. The highest BCUT2D eigenvalue weighted by Crippen LogP contribution is 2.13. The number of carbonyl (C=O) groups is 1. The van der Waals surface area contributed by atoms with Gasteiger partial charge < -0.3 is 15.4 Å². The van der Waals surface area contributed by atoms with Gasteiger partial charge in [-0.25, -0.2) is 0 Å². The maximum atomic E-state index is 12.3. The molecular weight excluding hydrogens is 290 g/mol. The molecule has 2 aromatic rings. The Hall–Kier alpha value is -2.40. The number of rotatable bonds is 8. The summed E-state index contributed by atoms with van der Waals surface area (Å²) in [5, 5.41) is 6.23. The summed E-state index contributed by atoms with van der Waals surface area (Å²) >= 11 is 0. The number of hydrogen-bond acceptors (Lipinski definition) is 4. The average molecular weight is 313 g/mol.